The number of aromatic nitrogens is 2. The third-order valence-electron chi connectivity index (χ3n) is 6.68. The number of halogens is 1. The van der Waals surface area contributed by atoms with Crippen LogP contribution in [0.5, 0.6) is 0 Å². The van der Waals surface area contributed by atoms with Gasteiger partial charge in [-0.2, -0.15) is 0 Å². The zero-order valence-electron chi connectivity index (χ0n) is 11.4. The molecule has 0 saturated heterocycles. The lowest BCUT2D eigenvalue weighted by molar-refractivity contribution is 0.000387. The van der Waals surface area contributed by atoms with Gasteiger partial charge in [0.2, 0.25) is 0 Å². The molecule has 3 bridgehead atoms. The molecule has 0 aliphatic heterocycles. The van der Waals surface area contributed by atoms with Crippen molar-refractivity contribution in [3.8, 4) is 0 Å². The second-order valence-corrected chi connectivity index (χ2v) is 7.94. The summed E-state index contributed by atoms with van der Waals surface area (Å²) in [5, 5.41) is 4.04. The number of nitrogens with zero attached hydrogens (tertiary/aromatic N) is 2. The summed E-state index contributed by atoms with van der Waals surface area (Å²) >= 11 is 6.02. The van der Waals surface area contributed by atoms with E-state index >= 15 is 0 Å². The number of nitrogens with one attached hydrogen (secondary N) is 1. The number of fused-ring (bicyclic) bond motifs is 2. The highest BCUT2D eigenvalue weighted by atomic mass is 35.5. The Morgan fingerprint density at radius 1 is 1.20 bits per heavy atom. The van der Waals surface area contributed by atoms with E-state index < -0.39 is 0 Å². The van der Waals surface area contributed by atoms with Crippen LogP contribution in [-0.4, -0.2) is 15.5 Å². The minimum atomic E-state index is 0.213. The van der Waals surface area contributed by atoms with Crippen molar-refractivity contribution in [3.63, 3.8) is 0 Å². The molecule has 5 heteroatoms. The van der Waals surface area contributed by atoms with Gasteiger partial charge in [-0.1, -0.05) is 11.6 Å². The molecule has 1 spiro atoms. The molecule has 4 fully saturated rings. The van der Waals surface area contributed by atoms with Crippen molar-refractivity contribution in [2.75, 3.05) is 11.1 Å². The Morgan fingerprint density at radius 3 is 3.00 bits per heavy atom. The second-order valence-electron chi connectivity index (χ2n) is 7.59. The Bertz CT molecular complexity index is 602. The predicted molar refractivity (Wildman–Crippen MR) is 78.4 cm³/mol. The lowest BCUT2D eigenvalue weighted by Crippen LogP contribution is -2.44. The highest BCUT2D eigenvalue weighted by molar-refractivity contribution is 6.32. The molecule has 5 atom stereocenters. The summed E-state index contributed by atoms with van der Waals surface area (Å²) in [7, 11) is 0. The maximum Gasteiger partial charge on any atom is 0.157 e. The van der Waals surface area contributed by atoms with Crippen LogP contribution in [-0.2, 0) is 0 Å². The topological polar surface area (TPSA) is 63.8 Å². The van der Waals surface area contributed by atoms with Crippen molar-refractivity contribution in [2.45, 2.75) is 44.1 Å². The van der Waals surface area contributed by atoms with E-state index in [4.69, 9.17) is 17.3 Å². The highest BCUT2D eigenvalue weighted by Gasteiger charge is 2.70. The van der Waals surface area contributed by atoms with E-state index in [2.05, 4.69) is 15.3 Å². The van der Waals surface area contributed by atoms with Crippen molar-refractivity contribution < 1.29 is 0 Å². The van der Waals surface area contributed by atoms with Gasteiger partial charge in [0, 0.05) is 5.54 Å². The quantitative estimate of drug-likeness (QED) is 0.822. The van der Waals surface area contributed by atoms with Crippen LogP contribution in [0.15, 0.2) is 6.33 Å². The van der Waals surface area contributed by atoms with Crippen molar-refractivity contribution in [1.29, 1.82) is 0 Å². The summed E-state index contributed by atoms with van der Waals surface area (Å²) in [5.74, 6) is 3.59. The van der Waals surface area contributed by atoms with Gasteiger partial charge in [-0.05, 0) is 61.7 Å². The monoisotopic (exact) mass is 290 g/mol. The normalized spacial score (nSPS) is 47.1. The van der Waals surface area contributed by atoms with Gasteiger partial charge in [-0.15, -0.1) is 0 Å². The zero-order chi connectivity index (χ0) is 13.5. The van der Waals surface area contributed by atoms with Gasteiger partial charge >= 0.3 is 0 Å². The van der Waals surface area contributed by atoms with Crippen LogP contribution in [0.3, 0.4) is 0 Å². The van der Waals surface area contributed by atoms with Crippen LogP contribution in [0.4, 0.5) is 11.5 Å². The smallest absolute Gasteiger partial charge is 0.157 e. The van der Waals surface area contributed by atoms with Crippen LogP contribution in [0, 0.1) is 23.2 Å². The van der Waals surface area contributed by atoms with Crippen molar-refractivity contribution >= 4 is 23.1 Å². The molecule has 3 N–H and O–H groups in total. The van der Waals surface area contributed by atoms with Crippen LogP contribution < -0.4 is 11.1 Å². The third-order valence-corrected chi connectivity index (χ3v) is 6.99. The molecule has 5 rings (SSSR count). The number of hydrogen-bond acceptors (Lipinski definition) is 4. The lowest BCUT2D eigenvalue weighted by Gasteiger charge is -2.49. The maximum atomic E-state index is 6.04. The Labute approximate surface area is 123 Å². The predicted octanol–water partition coefficient (Wildman–Crippen LogP) is 3.09. The van der Waals surface area contributed by atoms with Crippen LogP contribution in [0.2, 0.25) is 5.15 Å². The minimum absolute atomic E-state index is 0.213. The van der Waals surface area contributed by atoms with Crippen molar-refractivity contribution in [3.05, 3.63) is 11.5 Å². The van der Waals surface area contributed by atoms with E-state index in [9.17, 15) is 0 Å². The number of nitrogens with two attached hydrogens (primary N) is 1. The van der Waals surface area contributed by atoms with Gasteiger partial charge in [0.1, 0.15) is 12.0 Å². The summed E-state index contributed by atoms with van der Waals surface area (Å²) in [6.07, 6.45) is 9.78. The second kappa shape index (κ2) is 3.41. The Balaban J connectivity index is 1.51. The van der Waals surface area contributed by atoms with Crippen molar-refractivity contribution in [1.82, 2.24) is 9.97 Å². The molecule has 4 nitrogen and oxygen atoms in total. The SMILES string of the molecule is Nc1c(Cl)ncnc1NC12CC3CC4CC(C1)C4(C3)C2. The summed E-state index contributed by atoms with van der Waals surface area (Å²) in [4.78, 5) is 8.26. The molecular weight excluding hydrogens is 272 g/mol. The van der Waals surface area contributed by atoms with Crippen LogP contribution >= 0.6 is 11.6 Å². The molecular formula is C15H19ClN4. The average Bonchev–Trinajstić information content (AvgIpc) is 2.71. The molecule has 20 heavy (non-hydrogen) atoms. The molecule has 5 unspecified atom stereocenters. The van der Waals surface area contributed by atoms with E-state index in [1.807, 2.05) is 0 Å². The largest absolute Gasteiger partial charge is 0.393 e. The molecule has 4 aliphatic carbocycles. The molecule has 4 aliphatic rings. The Morgan fingerprint density at radius 2 is 2.10 bits per heavy atom. The molecule has 1 heterocycles. The first-order chi connectivity index (χ1) is 9.60. The van der Waals surface area contributed by atoms with Gasteiger partial charge < -0.3 is 11.1 Å². The first kappa shape index (κ1) is 11.6. The summed E-state index contributed by atoms with van der Waals surface area (Å²) in [6, 6.07) is 0. The number of rotatable bonds is 2. The van der Waals surface area contributed by atoms with Crippen LogP contribution in [0.1, 0.15) is 38.5 Å². The lowest BCUT2D eigenvalue weighted by atomic mass is 9.56. The summed E-state index contributed by atoms with van der Waals surface area (Å²) in [5.41, 5.74) is 7.41. The Kier molecular flexibility index (Phi) is 1.98. The van der Waals surface area contributed by atoms with Gasteiger partial charge in [-0.25, -0.2) is 9.97 Å². The molecule has 4 saturated carbocycles. The fourth-order valence-electron chi connectivity index (χ4n) is 6.23. The molecule has 1 aromatic rings. The van der Waals surface area contributed by atoms with E-state index in [1.54, 1.807) is 0 Å². The zero-order valence-corrected chi connectivity index (χ0v) is 12.2. The average molecular weight is 291 g/mol. The number of hydrogen-bond donors (Lipinski definition) is 2. The standard InChI is InChI=1S/C15H19ClN4/c16-12-11(17)13(19-7-18-12)20-14-3-8-1-9-2-10(5-14)15(9,4-8)6-14/h7-10H,1-6,17H2,(H,18,19,20). The summed E-state index contributed by atoms with van der Waals surface area (Å²) < 4.78 is 0. The highest BCUT2D eigenvalue weighted by Crippen LogP contribution is 2.76. The van der Waals surface area contributed by atoms with Gasteiger partial charge in [0.15, 0.2) is 11.0 Å². The molecule has 0 aromatic carbocycles. The first-order valence-electron chi connectivity index (χ1n) is 7.64. The number of nitrogen functional groups attached to an aromatic ring is 1. The molecule has 106 valence electrons. The summed E-state index contributed by atoms with van der Waals surface area (Å²) in [6.45, 7) is 0. The van der Waals surface area contributed by atoms with E-state index in [0.29, 0.717) is 16.3 Å². The maximum absolute atomic E-state index is 6.04. The third kappa shape index (κ3) is 1.24. The van der Waals surface area contributed by atoms with E-state index in [0.717, 1.165) is 23.6 Å². The van der Waals surface area contributed by atoms with Gasteiger partial charge in [0.25, 0.3) is 0 Å². The molecule has 0 amide bonds. The van der Waals surface area contributed by atoms with Crippen molar-refractivity contribution in [2.24, 2.45) is 23.2 Å². The first-order valence-corrected chi connectivity index (χ1v) is 8.02. The number of anilines is 2. The fourth-order valence-corrected chi connectivity index (χ4v) is 6.36. The Hall–Kier alpha value is -1.03. The van der Waals surface area contributed by atoms with E-state index in [-0.39, 0.29) is 5.54 Å². The molecule has 1 aromatic heterocycles. The van der Waals surface area contributed by atoms with Crippen LogP contribution in [0.25, 0.3) is 0 Å². The van der Waals surface area contributed by atoms with E-state index in [1.165, 1.54) is 44.9 Å². The van der Waals surface area contributed by atoms with Gasteiger partial charge in [-0.3, -0.25) is 0 Å². The fraction of sp³-hybridized carbons (Fsp3) is 0.733. The minimum Gasteiger partial charge on any atom is -0.393 e. The molecule has 0 radical (unpaired) electrons. The van der Waals surface area contributed by atoms with Gasteiger partial charge in [0.05, 0.1) is 0 Å².